The monoisotopic (exact) mass is 818 g/mol. The number of esters is 2. The summed E-state index contributed by atoms with van der Waals surface area (Å²) in [7, 11) is 3.28. The molecule has 0 saturated carbocycles. The molecule has 0 radical (unpaired) electrons. The molecule has 2 aromatic heterocycles. The summed E-state index contributed by atoms with van der Waals surface area (Å²) in [4.78, 5) is 49.8. The molecular weight excluding hydrogens is 768 g/mol. The molecule has 52 heavy (non-hydrogen) atoms. The smallest absolute Gasteiger partial charge is 0.306 e. The Balaban J connectivity index is 0.000000280. The summed E-state index contributed by atoms with van der Waals surface area (Å²) in [6, 6.07) is 11.8. The topological polar surface area (TPSA) is 125 Å². The van der Waals surface area contributed by atoms with Crippen LogP contribution in [0.1, 0.15) is 111 Å². The van der Waals surface area contributed by atoms with Gasteiger partial charge < -0.3 is 24.1 Å². The van der Waals surface area contributed by atoms with Crippen LogP contribution < -0.4 is 9.47 Å². The van der Waals surface area contributed by atoms with Crippen molar-refractivity contribution in [2.45, 2.75) is 104 Å². The maximum atomic E-state index is 12.5. The van der Waals surface area contributed by atoms with E-state index in [1.165, 1.54) is 22.7 Å². The van der Waals surface area contributed by atoms with E-state index in [9.17, 15) is 19.2 Å². The third-order valence-corrected chi connectivity index (χ3v) is 10.4. The molecule has 0 unspecified atom stereocenters. The van der Waals surface area contributed by atoms with E-state index in [-0.39, 0.29) is 55.8 Å². The Morgan fingerprint density at radius 1 is 0.635 bits per heavy atom. The first-order valence-corrected chi connectivity index (χ1v) is 20.1. The third kappa shape index (κ3) is 13.6. The molecule has 1 N–H and O–H groups in total. The second-order valence-electron chi connectivity index (χ2n) is 14.3. The van der Waals surface area contributed by atoms with E-state index in [1.54, 1.807) is 35.0 Å². The number of hydrogen-bond acceptors (Lipinski definition) is 11. The van der Waals surface area contributed by atoms with Crippen LogP contribution in [-0.2, 0) is 31.9 Å². The summed E-state index contributed by atoms with van der Waals surface area (Å²) in [6.45, 7) is 11.0. The first-order chi connectivity index (χ1) is 24.5. The standard InChI is InChI=1S/C20H25BrO4S.C20H26O5S/c2*1-20(2,3)25-19(23)8-7-15(22)18-11-14-10-13(6-5-9-21)16(24-4)12-17(14)26-18/h10-12H,5-9H2,1-4H3;10-12,21H,5-9H2,1-4H3. The minimum absolute atomic E-state index is 0.0296. The Morgan fingerprint density at radius 2 is 1.04 bits per heavy atom. The molecule has 12 heteroatoms. The molecule has 0 amide bonds. The molecule has 0 aliphatic heterocycles. The van der Waals surface area contributed by atoms with E-state index < -0.39 is 11.2 Å². The number of hydrogen-bond donors (Lipinski definition) is 1. The van der Waals surface area contributed by atoms with Crippen molar-refractivity contribution in [1.29, 1.82) is 0 Å². The van der Waals surface area contributed by atoms with Crippen LogP contribution in [0, 0.1) is 0 Å². The van der Waals surface area contributed by atoms with E-state index in [0.29, 0.717) is 22.6 Å². The van der Waals surface area contributed by atoms with E-state index >= 15 is 0 Å². The van der Waals surface area contributed by atoms with Gasteiger partial charge in [-0.15, -0.1) is 22.7 Å². The molecule has 0 bridgehead atoms. The molecule has 9 nitrogen and oxygen atoms in total. The number of methoxy groups -OCH3 is 2. The molecule has 0 aliphatic rings. The van der Waals surface area contributed by atoms with Crippen LogP contribution in [-0.4, -0.2) is 66.0 Å². The number of halogens is 1. The summed E-state index contributed by atoms with van der Waals surface area (Å²) in [6.07, 6.45) is 3.79. The Kier molecular flexibility index (Phi) is 16.3. The second-order valence-corrected chi connectivity index (χ2v) is 17.2. The largest absolute Gasteiger partial charge is 0.496 e. The van der Waals surface area contributed by atoms with Crippen LogP contribution >= 0.6 is 38.6 Å². The van der Waals surface area contributed by atoms with Gasteiger partial charge in [-0.25, -0.2) is 0 Å². The van der Waals surface area contributed by atoms with Crippen LogP contribution in [0.25, 0.3) is 20.2 Å². The first kappa shape index (κ1) is 43.1. The van der Waals surface area contributed by atoms with E-state index in [2.05, 4.69) is 22.0 Å². The number of ether oxygens (including phenoxy) is 4. The number of benzene rings is 2. The van der Waals surface area contributed by atoms with Gasteiger partial charge >= 0.3 is 11.9 Å². The molecular formula is C40H51BrO9S2. The molecule has 4 aromatic rings. The highest BCUT2D eigenvalue weighted by molar-refractivity contribution is 9.09. The van der Waals surface area contributed by atoms with Crippen molar-refractivity contribution in [3.8, 4) is 11.5 Å². The van der Waals surface area contributed by atoms with Gasteiger partial charge in [0.05, 0.1) is 36.8 Å². The zero-order chi connectivity index (χ0) is 38.6. The average molecular weight is 820 g/mol. The highest BCUT2D eigenvalue weighted by Crippen LogP contribution is 2.35. The predicted molar refractivity (Wildman–Crippen MR) is 213 cm³/mol. The molecule has 284 valence electrons. The Morgan fingerprint density at radius 3 is 1.38 bits per heavy atom. The summed E-state index contributed by atoms with van der Waals surface area (Å²) in [5.41, 5.74) is 1.09. The number of carbonyl (C=O) groups is 4. The Bertz CT molecular complexity index is 1710. The van der Waals surface area contributed by atoms with Crippen molar-refractivity contribution >= 4 is 82.3 Å². The number of alkyl halides is 1. The number of rotatable bonds is 16. The third-order valence-electron chi connectivity index (χ3n) is 7.52. The Hall–Kier alpha value is -3.32. The summed E-state index contributed by atoms with van der Waals surface area (Å²) in [5.74, 6) is 0.824. The van der Waals surface area contributed by atoms with Crippen LogP contribution in [0.4, 0.5) is 0 Å². The van der Waals surface area contributed by atoms with Crippen molar-refractivity contribution < 1.29 is 43.2 Å². The molecule has 0 fully saturated rings. The zero-order valence-electron chi connectivity index (χ0n) is 31.4. The van der Waals surface area contributed by atoms with Gasteiger partial charge in [0.2, 0.25) is 0 Å². The van der Waals surface area contributed by atoms with Crippen LogP contribution in [0.3, 0.4) is 0 Å². The molecule has 0 aliphatic carbocycles. The lowest BCUT2D eigenvalue weighted by atomic mass is 10.1. The fourth-order valence-electron chi connectivity index (χ4n) is 5.27. The van der Waals surface area contributed by atoms with Crippen LogP contribution in [0.5, 0.6) is 11.5 Å². The molecule has 2 aromatic carbocycles. The number of thiophene rings is 2. The predicted octanol–water partition coefficient (Wildman–Crippen LogP) is 9.68. The van der Waals surface area contributed by atoms with Gasteiger partial charge in [0.1, 0.15) is 22.7 Å². The highest BCUT2D eigenvalue weighted by Gasteiger charge is 2.21. The average Bonchev–Trinajstić information content (AvgIpc) is 3.69. The van der Waals surface area contributed by atoms with Crippen LogP contribution in [0.2, 0.25) is 0 Å². The van der Waals surface area contributed by atoms with Crippen molar-refractivity contribution in [3.63, 3.8) is 0 Å². The van der Waals surface area contributed by atoms with Gasteiger partial charge in [-0.2, -0.15) is 0 Å². The summed E-state index contributed by atoms with van der Waals surface area (Å²) in [5, 5.41) is 12.0. The lowest BCUT2D eigenvalue weighted by Gasteiger charge is -2.19. The van der Waals surface area contributed by atoms with Gasteiger partial charge in [-0.05, 0) is 126 Å². The maximum Gasteiger partial charge on any atom is 0.306 e. The van der Waals surface area contributed by atoms with Gasteiger partial charge in [-0.1, -0.05) is 15.9 Å². The highest BCUT2D eigenvalue weighted by atomic mass is 79.9. The molecule has 4 rings (SSSR count). The summed E-state index contributed by atoms with van der Waals surface area (Å²) >= 11 is 6.29. The van der Waals surface area contributed by atoms with Crippen molar-refractivity contribution in [2.75, 3.05) is 26.2 Å². The van der Waals surface area contributed by atoms with E-state index in [4.69, 9.17) is 24.1 Å². The Labute approximate surface area is 323 Å². The minimum Gasteiger partial charge on any atom is -0.496 e. The number of aliphatic hydroxyl groups is 1. The SMILES string of the molecule is COc1cc2sc(C(=O)CCC(=O)OC(C)(C)C)cc2cc1CCCBr.COc1cc2sc(C(=O)CCC(=O)OC(C)(C)C)cc2cc1CCCO. The van der Waals surface area contributed by atoms with Crippen molar-refractivity contribution in [2.24, 2.45) is 0 Å². The lowest BCUT2D eigenvalue weighted by molar-refractivity contribution is -0.155. The molecule has 2 heterocycles. The molecule has 0 saturated heterocycles. The number of Topliss-reactive ketones (excluding diaryl/α,β-unsaturated/α-hetero) is 2. The number of aryl methyl sites for hydroxylation is 2. The normalized spacial score (nSPS) is 11.6. The fraction of sp³-hybridized carbons (Fsp3) is 0.500. The quantitative estimate of drug-likeness (QED) is 0.0668. The molecule has 0 atom stereocenters. The van der Waals surface area contributed by atoms with Crippen molar-refractivity contribution in [3.05, 3.63) is 57.3 Å². The van der Waals surface area contributed by atoms with E-state index in [1.807, 2.05) is 51.1 Å². The number of fused-ring (bicyclic) bond motifs is 2. The van der Waals surface area contributed by atoms with Gasteiger partial charge in [0.25, 0.3) is 0 Å². The van der Waals surface area contributed by atoms with Gasteiger partial charge in [0.15, 0.2) is 11.6 Å². The number of aliphatic hydroxyl groups excluding tert-OH is 1. The van der Waals surface area contributed by atoms with Gasteiger partial charge in [-0.3, -0.25) is 19.2 Å². The van der Waals surface area contributed by atoms with Crippen molar-refractivity contribution in [1.82, 2.24) is 0 Å². The number of ketones is 2. The molecule has 0 spiro atoms. The van der Waals surface area contributed by atoms with Gasteiger partial charge in [0, 0.05) is 34.2 Å². The number of carbonyl (C=O) groups excluding carboxylic acids is 4. The zero-order valence-corrected chi connectivity index (χ0v) is 34.7. The summed E-state index contributed by atoms with van der Waals surface area (Å²) < 4.78 is 23.4. The minimum atomic E-state index is -0.542. The maximum absolute atomic E-state index is 12.5. The van der Waals surface area contributed by atoms with E-state index in [0.717, 1.165) is 61.0 Å². The fourth-order valence-corrected chi connectivity index (χ4v) is 7.63. The van der Waals surface area contributed by atoms with Crippen LogP contribution in [0.15, 0.2) is 36.4 Å². The second kappa shape index (κ2) is 19.7. The first-order valence-electron chi connectivity index (χ1n) is 17.3. The lowest BCUT2D eigenvalue weighted by Crippen LogP contribution is -2.24.